The number of amides is 1. The number of hydrogen-bond acceptors (Lipinski definition) is 6. The third-order valence-corrected chi connectivity index (χ3v) is 7.62. The molecule has 5 rings (SSSR count). The normalized spacial score (nSPS) is 10.9. The maximum absolute atomic E-state index is 12.6. The standard InChI is InChI=1S/C28H24N2O3S2/c1-19-23(30-28(33-19)21-8-3-2-4-9-21)14-15-32-22-10-5-7-20(17-22)18-29-27(31)26-13-12-25(35-26)24-11-6-16-34-24/h2-13,16-17H,14-15,18H2,1H3,(H,29,31). The van der Waals surface area contributed by atoms with Crippen LogP contribution in [0.25, 0.3) is 21.2 Å². The first-order valence-electron chi connectivity index (χ1n) is 11.3. The summed E-state index contributed by atoms with van der Waals surface area (Å²) in [6, 6.07) is 25.6. The molecule has 1 amide bonds. The molecule has 0 saturated heterocycles. The Morgan fingerprint density at radius 1 is 1.00 bits per heavy atom. The van der Waals surface area contributed by atoms with E-state index in [1.807, 2.05) is 85.1 Å². The van der Waals surface area contributed by atoms with Gasteiger partial charge in [0.1, 0.15) is 11.5 Å². The van der Waals surface area contributed by atoms with E-state index < -0.39 is 0 Å². The second-order valence-electron chi connectivity index (χ2n) is 7.96. The molecule has 0 spiro atoms. The first-order valence-corrected chi connectivity index (χ1v) is 13.0. The highest BCUT2D eigenvalue weighted by atomic mass is 32.1. The zero-order valence-electron chi connectivity index (χ0n) is 19.2. The smallest absolute Gasteiger partial charge is 0.261 e. The third kappa shape index (κ3) is 5.70. The number of aryl methyl sites for hydroxylation is 1. The van der Waals surface area contributed by atoms with Crippen molar-refractivity contribution < 1.29 is 13.9 Å². The summed E-state index contributed by atoms with van der Waals surface area (Å²) < 4.78 is 11.8. The van der Waals surface area contributed by atoms with Crippen LogP contribution in [-0.2, 0) is 13.0 Å². The summed E-state index contributed by atoms with van der Waals surface area (Å²) in [6.07, 6.45) is 0.647. The van der Waals surface area contributed by atoms with Crippen molar-refractivity contribution in [2.24, 2.45) is 0 Å². The van der Waals surface area contributed by atoms with Gasteiger partial charge in [0.2, 0.25) is 5.89 Å². The fourth-order valence-corrected chi connectivity index (χ4v) is 5.41. The van der Waals surface area contributed by atoms with Crippen molar-refractivity contribution in [1.29, 1.82) is 0 Å². The molecule has 2 aromatic carbocycles. The van der Waals surface area contributed by atoms with Crippen LogP contribution in [0.5, 0.6) is 5.75 Å². The molecule has 3 heterocycles. The Bertz CT molecular complexity index is 1410. The van der Waals surface area contributed by atoms with Gasteiger partial charge >= 0.3 is 0 Å². The van der Waals surface area contributed by atoms with E-state index in [4.69, 9.17) is 9.15 Å². The molecular weight excluding hydrogens is 476 g/mol. The minimum absolute atomic E-state index is 0.0696. The lowest BCUT2D eigenvalue weighted by Gasteiger charge is -2.08. The minimum atomic E-state index is -0.0696. The molecular formula is C28H24N2O3S2. The molecule has 7 heteroatoms. The SMILES string of the molecule is Cc1oc(-c2ccccc2)nc1CCOc1cccc(CNC(=O)c2ccc(-c3cccs3)s2)c1. The number of aromatic nitrogens is 1. The van der Waals surface area contributed by atoms with Crippen LogP contribution in [0.3, 0.4) is 0 Å². The largest absolute Gasteiger partial charge is 0.493 e. The summed E-state index contributed by atoms with van der Waals surface area (Å²) in [7, 11) is 0. The van der Waals surface area contributed by atoms with E-state index in [0.717, 1.165) is 33.2 Å². The quantitative estimate of drug-likeness (QED) is 0.237. The van der Waals surface area contributed by atoms with Crippen molar-refractivity contribution in [3.8, 4) is 27.0 Å². The lowest BCUT2D eigenvalue weighted by Crippen LogP contribution is -2.21. The molecule has 0 saturated carbocycles. The number of rotatable bonds is 9. The number of carbonyl (C=O) groups is 1. The van der Waals surface area contributed by atoms with Gasteiger partial charge in [-0.1, -0.05) is 36.4 Å². The lowest BCUT2D eigenvalue weighted by atomic mass is 10.2. The first-order chi connectivity index (χ1) is 17.2. The van der Waals surface area contributed by atoms with Crippen LogP contribution in [0.15, 0.2) is 88.7 Å². The number of ether oxygens (including phenoxy) is 1. The lowest BCUT2D eigenvalue weighted by molar-refractivity contribution is 0.0955. The van der Waals surface area contributed by atoms with Crippen molar-refractivity contribution in [2.75, 3.05) is 6.61 Å². The molecule has 0 radical (unpaired) electrons. The summed E-state index contributed by atoms with van der Waals surface area (Å²) in [4.78, 5) is 20.2. The molecule has 0 fully saturated rings. The Morgan fingerprint density at radius 2 is 1.89 bits per heavy atom. The molecule has 176 valence electrons. The molecule has 35 heavy (non-hydrogen) atoms. The fraction of sp³-hybridized carbons (Fsp3) is 0.143. The number of hydrogen-bond donors (Lipinski definition) is 1. The van der Waals surface area contributed by atoms with Crippen LogP contribution < -0.4 is 10.1 Å². The van der Waals surface area contributed by atoms with Gasteiger partial charge in [-0.05, 0) is 60.3 Å². The third-order valence-electron chi connectivity index (χ3n) is 5.47. The topological polar surface area (TPSA) is 64.4 Å². The first kappa shape index (κ1) is 23.1. The second kappa shape index (κ2) is 10.7. The van der Waals surface area contributed by atoms with E-state index in [2.05, 4.69) is 16.4 Å². The summed E-state index contributed by atoms with van der Waals surface area (Å²) in [5.74, 6) is 2.13. The number of thiophene rings is 2. The van der Waals surface area contributed by atoms with Crippen molar-refractivity contribution in [3.63, 3.8) is 0 Å². The number of nitrogens with one attached hydrogen (secondary N) is 1. The second-order valence-corrected chi connectivity index (χ2v) is 9.99. The van der Waals surface area contributed by atoms with Gasteiger partial charge < -0.3 is 14.5 Å². The monoisotopic (exact) mass is 500 g/mol. The number of oxazole rings is 1. The Morgan fingerprint density at radius 3 is 2.71 bits per heavy atom. The zero-order chi connectivity index (χ0) is 24.0. The van der Waals surface area contributed by atoms with Gasteiger partial charge in [0.15, 0.2) is 0 Å². The van der Waals surface area contributed by atoms with Crippen LogP contribution in [0.4, 0.5) is 0 Å². The molecule has 0 aliphatic carbocycles. The predicted molar refractivity (Wildman–Crippen MR) is 141 cm³/mol. The zero-order valence-corrected chi connectivity index (χ0v) is 20.8. The molecule has 5 aromatic rings. The number of nitrogens with zero attached hydrogens (tertiary/aromatic N) is 1. The van der Waals surface area contributed by atoms with Gasteiger partial charge in [-0.3, -0.25) is 4.79 Å². The van der Waals surface area contributed by atoms with Crippen LogP contribution in [0.2, 0.25) is 0 Å². The summed E-state index contributed by atoms with van der Waals surface area (Å²) >= 11 is 3.18. The molecule has 0 aliphatic rings. The molecule has 0 atom stereocenters. The molecule has 1 N–H and O–H groups in total. The molecule has 0 unspecified atom stereocenters. The summed E-state index contributed by atoms with van der Waals surface area (Å²) in [5, 5.41) is 5.05. The van der Waals surface area contributed by atoms with Gasteiger partial charge in [0, 0.05) is 28.3 Å². The Labute approximate surface area is 212 Å². The highest BCUT2D eigenvalue weighted by Gasteiger charge is 2.12. The van der Waals surface area contributed by atoms with Crippen LogP contribution in [-0.4, -0.2) is 17.5 Å². The molecule has 3 aromatic heterocycles. The Balaban J connectivity index is 1.14. The van der Waals surface area contributed by atoms with Crippen LogP contribution >= 0.6 is 22.7 Å². The van der Waals surface area contributed by atoms with Gasteiger partial charge in [0.05, 0.1) is 17.2 Å². The van der Waals surface area contributed by atoms with E-state index in [1.54, 1.807) is 11.3 Å². The van der Waals surface area contributed by atoms with E-state index >= 15 is 0 Å². The summed E-state index contributed by atoms with van der Waals surface area (Å²) in [6.45, 7) is 2.85. The highest BCUT2D eigenvalue weighted by Crippen LogP contribution is 2.31. The Hall–Kier alpha value is -3.68. The predicted octanol–water partition coefficient (Wildman–Crippen LogP) is 6.99. The van der Waals surface area contributed by atoms with Crippen LogP contribution in [0, 0.1) is 6.92 Å². The van der Waals surface area contributed by atoms with Crippen molar-refractivity contribution in [2.45, 2.75) is 19.9 Å². The van der Waals surface area contributed by atoms with Crippen molar-refractivity contribution in [1.82, 2.24) is 10.3 Å². The summed E-state index contributed by atoms with van der Waals surface area (Å²) in [5.41, 5.74) is 2.84. The highest BCUT2D eigenvalue weighted by molar-refractivity contribution is 7.22. The van der Waals surface area contributed by atoms with Crippen LogP contribution in [0.1, 0.15) is 26.7 Å². The van der Waals surface area contributed by atoms with Gasteiger partial charge in [-0.15, -0.1) is 22.7 Å². The average Bonchev–Trinajstić information content (AvgIpc) is 3.65. The van der Waals surface area contributed by atoms with Crippen molar-refractivity contribution in [3.05, 3.63) is 106 Å². The minimum Gasteiger partial charge on any atom is -0.493 e. The molecule has 0 bridgehead atoms. The van der Waals surface area contributed by atoms with Crippen molar-refractivity contribution >= 4 is 28.6 Å². The molecule has 5 nitrogen and oxygen atoms in total. The van der Waals surface area contributed by atoms with Gasteiger partial charge in [-0.25, -0.2) is 4.98 Å². The number of benzene rings is 2. The van der Waals surface area contributed by atoms with E-state index in [9.17, 15) is 4.79 Å². The molecule has 0 aliphatic heterocycles. The maximum Gasteiger partial charge on any atom is 0.261 e. The van der Waals surface area contributed by atoms with E-state index in [0.29, 0.717) is 30.3 Å². The van der Waals surface area contributed by atoms with E-state index in [1.165, 1.54) is 16.2 Å². The van der Waals surface area contributed by atoms with E-state index in [-0.39, 0.29) is 5.91 Å². The fourth-order valence-electron chi connectivity index (χ4n) is 3.66. The van der Waals surface area contributed by atoms with Gasteiger partial charge in [-0.2, -0.15) is 0 Å². The van der Waals surface area contributed by atoms with Gasteiger partial charge in [0.25, 0.3) is 5.91 Å². The Kier molecular flexibility index (Phi) is 7.07. The average molecular weight is 501 g/mol. The maximum atomic E-state index is 12.6. The number of carbonyl (C=O) groups excluding carboxylic acids is 1.